The Kier molecular flexibility index (Phi) is 5.89. The van der Waals surface area contributed by atoms with Crippen LogP contribution < -0.4 is 10.1 Å². The van der Waals surface area contributed by atoms with Gasteiger partial charge in [0.05, 0.1) is 13.2 Å². The minimum absolute atomic E-state index is 0.0880. The smallest absolute Gasteiger partial charge is 0.259 e. The molecule has 3 N–H and O–H groups in total. The third-order valence-electron chi connectivity index (χ3n) is 4.77. The Morgan fingerprint density at radius 3 is 2.28 bits per heavy atom. The third kappa shape index (κ3) is 4.46. The van der Waals surface area contributed by atoms with Crippen LogP contribution in [0.1, 0.15) is 27.5 Å². The molecule has 4 rings (SSSR count). The lowest BCUT2D eigenvalue weighted by Crippen LogP contribution is -2.29. The molecule has 0 saturated carbocycles. The highest BCUT2D eigenvalue weighted by molar-refractivity contribution is 5.96. The lowest BCUT2D eigenvalue weighted by molar-refractivity contribution is 0.0939. The van der Waals surface area contributed by atoms with Crippen LogP contribution in [0.2, 0.25) is 0 Å². The predicted molar refractivity (Wildman–Crippen MR) is 115 cm³/mol. The maximum absolute atomic E-state index is 13.0. The molecule has 0 aliphatic carbocycles. The summed E-state index contributed by atoms with van der Waals surface area (Å²) in [4.78, 5) is 21.1. The van der Waals surface area contributed by atoms with Crippen molar-refractivity contribution in [3.8, 4) is 28.9 Å². The van der Waals surface area contributed by atoms with Crippen molar-refractivity contribution < 1.29 is 19.7 Å². The Morgan fingerprint density at radius 2 is 1.69 bits per heavy atom. The maximum atomic E-state index is 13.0. The lowest BCUT2D eigenvalue weighted by atomic mass is 9.98. The van der Waals surface area contributed by atoms with Crippen LogP contribution in [-0.2, 0) is 0 Å². The van der Waals surface area contributed by atoms with Crippen molar-refractivity contribution in [3.63, 3.8) is 0 Å². The van der Waals surface area contributed by atoms with Gasteiger partial charge in [-0.15, -0.1) is 5.10 Å². The van der Waals surface area contributed by atoms with Gasteiger partial charge in [-0.1, -0.05) is 24.3 Å². The van der Waals surface area contributed by atoms with E-state index in [2.05, 4.69) is 25.5 Å². The molecule has 1 unspecified atom stereocenters. The number of aromatic nitrogens is 4. The summed E-state index contributed by atoms with van der Waals surface area (Å²) in [6.45, 7) is 0. The van der Waals surface area contributed by atoms with E-state index in [0.29, 0.717) is 11.4 Å². The summed E-state index contributed by atoms with van der Waals surface area (Å²) in [7, 11) is 1.57. The minimum Gasteiger partial charge on any atom is -0.508 e. The Balaban J connectivity index is 1.64. The zero-order valence-electron chi connectivity index (χ0n) is 17.0. The van der Waals surface area contributed by atoms with Crippen LogP contribution in [0.4, 0.5) is 0 Å². The molecule has 1 atom stereocenters. The molecule has 0 aliphatic heterocycles. The topological polar surface area (TPSA) is 130 Å². The van der Waals surface area contributed by atoms with E-state index >= 15 is 0 Å². The van der Waals surface area contributed by atoms with E-state index in [0.717, 1.165) is 11.1 Å². The van der Waals surface area contributed by atoms with Gasteiger partial charge in [-0.3, -0.25) is 4.79 Å². The SMILES string of the molecule is COc1ccc(C(NC(=O)c2cnc(-c3cccnn3)nc2O)c2ccc(O)cc2)cc1. The number of nitrogens with zero attached hydrogens (tertiary/aromatic N) is 4. The monoisotopic (exact) mass is 429 g/mol. The number of methoxy groups -OCH3 is 1. The van der Waals surface area contributed by atoms with E-state index in [1.54, 1.807) is 43.5 Å². The van der Waals surface area contributed by atoms with Crippen molar-refractivity contribution in [2.24, 2.45) is 0 Å². The fraction of sp³-hybridized carbons (Fsp3) is 0.0870. The summed E-state index contributed by atoms with van der Waals surface area (Å²) < 4.78 is 5.20. The third-order valence-corrected chi connectivity index (χ3v) is 4.77. The number of carbonyl (C=O) groups excluding carboxylic acids is 1. The molecule has 2 aromatic heterocycles. The second kappa shape index (κ2) is 9.09. The van der Waals surface area contributed by atoms with Crippen molar-refractivity contribution in [3.05, 3.63) is 89.7 Å². The average molecular weight is 429 g/mol. The first-order chi connectivity index (χ1) is 15.5. The lowest BCUT2D eigenvalue weighted by Gasteiger charge is -2.20. The van der Waals surface area contributed by atoms with Crippen molar-refractivity contribution in [2.75, 3.05) is 7.11 Å². The van der Waals surface area contributed by atoms with Gasteiger partial charge in [0.15, 0.2) is 5.82 Å². The van der Waals surface area contributed by atoms with Crippen molar-refractivity contribution in [2.45, 2.75) is 6.04 Å². The van der Waals surface area contributed by atoms with Crippen LogP contribution in [-0.4, -0.2) is 43.4 Å². The highest BCUT2D eigenvalue weighted by Gasteiger charge is 2.22. The van der Waals surface area contributed by atoms with Gasteiger partial charge in [0, 0.05) is 12.4 Å². The zero-order valence-corrected chi connectivity index (χ0v) is 17.0. The van der Waals surface area contributed by atoms with Crippen molar-refractivity contribution in [1.29, 1.82) is 0 Å². The molecule has 0 aliphatic rings. The van der Waals surface area contributed by atoms with Crippen molar-refractivity contribution in [1.82, 2.24) is 25.5 Å². The van der Waals surface area contributed by atoms with Gasteiger partial charge in [-0.25, -0.2) is 4.98 Å². The fourth-order valence-electron chi connectivity index (χ4n) is 3.11. The van der Waals surface area contributed by atoms with Gasteiger partial charge in [0.2, 0.25) is 5.88 Å². The summed E-state index contributed by atoms with van der Waals surface area (Å²) in [5.74, 6) is -0.105. The quantitative estimate of drug-likeness (QED) is 0.427. The molecule has 1 amide bonds. The molecule has 160 valence electrons. The Morgan fingerprint density at radius 1 is 1.00 bits per heavy atom. The summed E-state index contributed by atoms with van der Waals surface area (Å²) in [6, 6.07) is 16.4. The van der Waals surface area contributed by atoms with E-state index in [1.165, 1.54) is 24.5 Å². The van der Waals surface area contributed by atoms with E-state index < -0.39 is 17.8 Å². The molecule has 9 heteroatoms. The molecule has 0 saturated heterocycles. The van der Waals surface area contributed by atoms with Crippen LogP contribution in [0, 0.1) is 0 Å². The normalized spacial score (nSPS) is 11.5. The molecule has 0 radical (unpaired) electrons. The van der Waals surface area contributed by atoms with Gasteiger partial charge in [0.1, 0.15) is 22.8 Å². The van der Waals surface area contributed by atoms with Crippen LogP contribution in [0.3, 0.4) is 0 Å². The summed E-state index contributed by atoms with van der Waals surface area (Å²) in [6.07, 6.45) is 2.75. The number of benzene rings is 2. The van der Waals surface area contributed by atoms with E-state index in [-0.39, 0.29) is 17.1 Å². The first-order valence-electron chi connectivity index (χ1n) is 9.63. The Labute approximate surface area is 183 Å². The fourth-order valence-corrected chi connectivity index (χ4v) is 3.11. The predicted octanol–water partition coefficient (Wildman–Crippen LogP) is 2.87. The molecule has 4 aromatic rings. The van der Waals surface area contributed by atoms with Gasteiger partial charge in [0.25, 0.3) is 5.91 Å². The Bertz CT molecular complexity index is 1220. The molecule has 0 fully saturated rings. The summed E-state index contributed by atoms with van der Waals surface area (Å²) >= 11 is 0. The molecule has 0 spiro atoms. The van der Waals surface area contributed by atoms with Crippen molar-refractivity contribution >= 4 is 5.91 Å². The summed E-state index contributed by atoms with van der Waals surface area (Å²) in [5, 5.41) is 30.5. The number of phenols is 1. The Hall–Kier alpha value is -4.53. The number of hydrogen-bond donors (Lipinski definition) is 3. The zero-order chi connectivity index (χ0) is 22.5. The molecular formula is C23H19N5O4. The van der Waals surface area contributed by atoms with Crippen LogP contribution in [0.15, 0.2) is 73.1 Å². The molecule has 2 heterocycles. The molecule has 32 heavy (non-hydrogen) atoms. The number of phenolic OH excluding ortho intramolecular Hbond substituents is 1. The largest absolute Gasteiger partial charge is 0.508 e. The molecule has 2 aromatic carbocycles. The molecular weight excluding hydrogens is 410 g/mol. The second-order valence-electron chi connectivity index (χ2n) is 6.81. The van der Waals surface area contributed by atoms with Crippen LogP contribution in [0.5, 0.6) is 17.4 Å². The number of aromatic hydroxyl groups is 2. The number of amides is 1. The van der Waals surface area contributed by atoms with Crippen LogP contribution >= 0.6 is 0 Å². The second-order valence-corrected chi connectivity index (χ2v) is 6.81. The first-order valence-corrected chi connectivity index (χ1v) is 9.63. The van der Waals surface area contributed by atoms with E-state index in [1.807, 2.05) is 12.1 Å². The molecule has 0 bridgehead atoms. The number of rotatable bonds is 6. The highest BCUT2D eigenvalue weighted by Crippen LogP contribution is 2.27. The number of ether oxygens (including phenoxy) is 1. The van der Waals surface area contributed by atoms with E-state index in [4.69, 9.17) is 4.74 Å². The maximum Gasteiger partial charge on any atom is 0.259 e. The minimum atomic E-state index is -0.568. The standard InChI is InChI=1S/C23H19N5O4/c1-32-17-10-6-15(7-11-17)20(14-4-8-16(29)9-5-14)26-22(30)18-13-24-21(27-23(18)31)19-3-2-12-25-28-19/h2-13,20,29H,1H3,(H,26,30)(H,24,27,31). The van der Waals surface area contributed by atoms with Gasteiger partial charge in [-0.2, -0.15) is 10.1 Å². The number of hydrogen-bond acceptors (Lipinski definition) is 8. The number of carbonyl (C=O) groups is 1. The van der Waals surface area contributed by atoms with Crippen LogP contribution in [0.25, 0.3) is 11.5 Å². The molecule has 9 nitrogen and oxygen atoms in total. The summed E-state index contributed by atoms with van der Waals surface area (Å²) in [5.41, 5.74) is 1.80. The van der Waals surface area contributed by atoms with Gasteiger partial charge >= 0.3 is 0 Å². The van der Waals surface area contributed by atoms with Gasteiger partial charge < -0.3 is 20.3 Å². The van der Waals surface area contributed by atoms with Gasteiger partial charge in [-0.05, 0) is 47.5 Å². The highest BCUT2D eigenvalue weighted by atomic mass is 16.5. The number of nitrogens with one attached hydrogen (secondary N) is 1. The average Bonchev–Trinajstić information content (AvgIpc) is 2.83. The van der Waals surface area contributed by atoms with E-state index in [9.17, 15) is 15.0 Å². The first kappa shape index (κ1) is 20.7.